The Kier molecular flexibility index (Phi) is 4.98. The lowest BCUT2D eigenvalue weighted by molar-refractivity contribution is -0.114. The Morgan fingerprint density at radius 2 is 1.71 bits per heavy atom. The van der Waals surface area contributed by atoms with Gasteiger partial charge in [-0.05, 0) is 24.3 Å². The summed E-state index contributed by atoms with van der Waals surface area (Å²) < 4.78 is 7.34. The quantitative estimate of drug-likeness (QED) is 0.818. The molecule has 0 unspecified atom stereocenters. The number of nitrogens with zero attached hydrogens (tertiary/aromatic N) is 2. The molecule has 8 nitrogen and oxygen atoms in total. The molecular weight excluding hydrogens is 314 g/mol. The highest BCUT2D eigenvalue weighted by atomic mass is 16.5. The number of hydrogen-bond acceptors (Lipinski definition) is 5. The van der Waals surface area contributed by atoms with Gasteiger partial charge in [0.05, 0.1) is 11.3 Å². The lowest BCUT2D eigenvalue weighted by atomic mass is 10.2. The van der Waals surface area contributed by atoms with Crippen LogP contribution in [0.1, 0.15) is 23.0 Å². The van der Waals surface area contributed by atoms with Crippen molar-refractivity contribution >= 4 is 17.6 Å². The Bertz CT molecular complexity index is 893. The van der Waals surface area contributed by atoms with E-state index in [0.717, 1.165) is 4.57 Å². The molecule has 0 spiro atoms. The lowest BCUT2D eigenvalue weighted by Gasteiger charge is -2.10. The zero-order chi connectivity index (χ0) is 17.9. The second kappa shape index (κ2) is 6.95. The molecular formula is C16H17N3O5. The van der Waals surface area contributed by atoms with Crippen molar-refractivity contribution in [2.45, 2.75) is 13.5 Å². The fourth-order valence-electron chi connectivity index (χ4n) is 2.03. The summed E-state index contributed by atoms with van der Waals surface area (Å²) in [5.41, 5.74) is 0.189. The smallest absolute Gasteiger partial charge is 0.338 e. The molecule has 1 heterocycles. The van der Waals surface area contributed by atoms with Crippen molar-refractivity contribution in [3.8, 4) is 0 Å². The van der Waals surface area contributed by atoms with Gasteiger partial charge in [0.15, 0.2) is 0 Å². The Morgan fingerprint density at radius 3 is 2.29 bits per heavy atom. The number of hydrogen-bond donors (Lipinski definition) is 1. The van der Waals surface area contributed by atoms with Crippen molar-refractivity contribution in [2.24, 2.45) is 14.1 Å². The second-order valence-corrected chi connectivity index (χ2v) is 5.21. The third-order valence-electron chi connectivity index (χ3n) is 3.42. The Hall–Kier alpha value is -3.16. The third kappa shape index (κ3) is 3.78. The molecule has 126 valence electrons. The molecule has 1 aromatic carbocycles. The minimum absolute atomic E-state index is 0.200. The summed E-state index contributed by atoms with van der Waals surface area (Å²) in [6.45, 7) is 1.19. The molecule has 2 aromatic rings. The first-order valence-corrected chi connectivity index (χ1v) is 7.10. The van der Waals surface area contributed by atoms with Gasteiger partial charge in [-0.2, -0.15) is 0 Å². The van der Waals surface area contributed by atoms with Gasteiger partial charge in [-0.1, -0.05) is 0 Å². The number of benzene rings is 1. The largest absolute Gasteiger partial charge is 0.456 e. The van der Waals surface area contributed by atoms with Gasteiger partial charge in [-0.15, -0.1) is 0 Å². The molecule has 0 aliphatic carbocycles. The summed E-state index contributed by atoms with van der Waals surface area (Å²) in [6, 6.07) is 7.42. The molecule has 0 aliphatic heterocycles. The van der Waals surface area contributed by atoms with Gasteiger partial charge in [0, 0.05) is 32.8 Å². The summed E-state index contributed by atoms with van der Waals surface area (Å²) in [7, 11) is 2.87. The Labute approximate surface area is 137 Å². The van der Waals surface area contributed by atoms with E-state index in [0.29, 0.717) is 11.4 Å². The van der Waals surface area contributed by atoms with Gasteiger partial charge in [-0.3, -0.25) is 18.7 Å². The number of esters is 1. The zero-order valence-corrected chi connectivity index (χ0v) is 13.5. The minimum Gasteiger partial charge on any atom is -0.456 e. The molecule has 2 rings (SSSR count). The lowest BCUT2D eigenvalue weighted by Crippen LogP contribution is -2.38. The average Bonchev–Trinajstić information content (AvgIpc) is 2.55. The monoisotopic (exact) mass is 331 g/mol. The Morgan fingerprint density at radius 1 is 1.08 bits per heavy atom. The summed E-state index contributed by atoms with van der Waals surface area (Å²) in [5, 5.41) is 2.59. The molecule has 1 N–H and O–H groups in total. The third-order valence-corrected chi connectivity index (χ3v) is 3.42. The van der Waals surface area contributed by atoms with Crippen LogP contribution in [0, 0.1) is 0 Å². The average molecular weight is 331 g/mol. The second-order valence-electron chi connectivity index (χ2n) is 5.21. The van der Waals surface area contributed by atoms with E-state index in [1.54, 1.807) is 12.1 Å². The van der Waals surface area contributed by atoms with Crippen molar-refractivity contribution < 1.29 is 14.3 Å². The maximum Gasteiger partial charge on any atom is 0.338 e. The number of nitrogens with one attached hydrogen (secondary N) is 1. The highest BCUT2D eigenvalue weighted by molar-refractivity contribution is 5.92. The number of rotatable bonds is 4. The number of aromatic nitrogens is 2. The highest BCUT2D eigenvalue weighted by Gasteiger charge is 2.11. The van der Waals surface area contributed by atoms with Crippen molar-refractivity contribution in [3.63, 3.8) is 0 Å². The SMILES string of the molecule is CC(=O)Nc1ccc(C(=O)OCc2cc(=O)n(C)c(=O)n2C)cc1. The first-order valence-electron chi connectivity index (χ1n) is 7.10. The normalized spacial score (nSPS) is 10.3. The molecule has 0 bridgehead atoms. The van der Waals surface area contributed by atoms with Crippen molar-refractivity contribution in [2.75, 3.05) is 5.32 Å². The van der Waals surface area contributed by atoms with Gasteiger partial charge in [-0.25, -0.2) is 9.59 Å². The van der Waals surface area contributed by atoms with Crippen molar-refractivity contribution in [1.29, 1.82) is 0 Å². The topological polar surface area (TPSA) is 99.4 Å². The van der Waals surface area contributed by atoms with Crippen LogP contribution in [0.5, 0.6) is 0 Å². The van der Waals surface area contributed by atoms with E-state index in [9.17, 15) is 19.2 Å². The van der Waals surface area contributed by atoms with Gasteiger partial charge in [0.25, 0.3) is 5.56 Å². The molecule has 0 radical (unpaired) electrons. The molecule has 1 amide bonds. The van der Waals surface area contributed by atoms with Crippen molar-refractivity contribution in [1.82, 2.24) is 9.13 Å². The van der Waals surface area contributed by atoms with Crippen molar-refractivity contribution in [3.05, 3.63) is 62.4 Å². The number of ether oxygens (including phenoxy) is 1. The number of carbonyl (C=O) groups excluding carboxylic acids is 2. The predicted molar refractivity (Wildman–Crippen MR) is 86.8 cm³/mol. The number of anilines is 1. The number of amides is 1. The minimum atomic E-state index is -0.600. The summed E-state index contributed by atoms with van der Waals surface area (Å²) in [6.07, 6.45) is 0. The predicted octanol–water partition coefficient (Wildman–Crippen LogP) is 0.399. The summed E-state index contributed by atoms with van der Waals surface area (Å²) in [4.78, 5) is 46.4. The van der Waals surface area contributed by atoms with Crippen LogP contribution in [-0.4, -0.2) is 21.0 Å². The maximum absolute atomic E-state index is 12.0. The van der Waals surface area contributed by atoms with E-state index >= 15 is 0 Å². The van der Waals surface area contributed by atoms with E-state index < -0.39 is 17.2 Å². The molecule has 0 saturated heterocycles. The molecule has 0 fully saturated rings. The molecule has 1 aromatic heterocycles. The van der Waals surface area contributed by atoms with Gasteiger partial charge in [0.1, 0.15) is 6.61 Å². The van der Waals surface area contributed by atoms with E-state index in [2.05, 4.69) is 5.32 Å². The first kappa shape index (κ1) is 17.2. The van der Waals surface area contributed by atoms with Crippen LogP contribution >= 0.6 is 0 Å². The fourth-order valence-corrected chi connectivity index (χ4v) is 2.03. The van der Waals surface area contributed by atoms with E-state index in [4.69, 9.17) is 4.74 Å². The standard InChI is InChI=1S/C16H17N3O5/c1-10(20)17-12-6-4-11(5-7-12)15(22)24-9-13-8-14(21)19(3)16(23)18(13)2/h4-8H,9H2,1-3H3,(H,17,20). The van der Waals surface area contributed by atoms with Crippen LogP contribution in [0.4, 0.5) is 5.69 Å². The molecule has 24 heavy (non-hydrogen) atoms. The molecule has 0 saturated carbocycles. The Balaban J connectivity index is 2.10. The van der Waals surface area contributed by atoms with Gasteiger partial charge < -0.3 is 10.1 Å². The van der Waals surface area contributed by atoms with Crippen LogP contribution in [0.15, 0.2) is 39.9 Å². The van der Waals surface area contributed by atoms with Crippen LogP contribution < -0.4 is 16.6 Å². The van der Waals surface area contributed by atoms with Crippen LogP contribution in [0.2, 0.25) is 0 Å². The van der Waals surface area contributed by atoms with Crippen LogP contribution in [-0.2, 0) is 30.2 Å². The van der Waals surface area contributed by atoms with E-state index in [1.807, 2.05) is 0 Å². The highest BCUT2D eigenvalue weighted by Crippen LogP contribution is 2.11. The number of carbonyl (C=O) groups is 2. The van der Waals surface area contributed by atoms with Gasteiger partial charge in [0.2, 0.25) is 5.91 Å². The maximum atomic E-state index is 12.0. The molecule has 8 heteroatoms. The summed E-state index contributed by atoms with van der Waals surface area (Å²) in [5.74, 6) is -0.811. The van der Waals surface area contributed by atoms with Crippen LogP contribution in [0.25, 0.3) is 0 Å². The zero-order valence-electron chi connectivity index (χ0n) is 13.5. The molecule has 0 atom stereocenters. The fraction of sp³-hybridized carbons (Fsp3) is 0.250. The van der Waals surface area contributed by atoms with E-state index in [-0.39, 0.29) is 18.1 Å². The first-order chi connectivity index (χ1) is 11.3. The van der Waals surface area contributed by atoms with Gasteiger partial charge >= 0.3 is 11.7 Å². The summed E-state index contributed by atoms with van der Waals surface area (Å²) >= 11 is 0. The molecule has 0 aliphatic rings. The van der Waals surface area contributed by atoms with E-state index in [1.165, 1.54) is 43.8 Å². The van der Waals surface area contributed by atoms with Crippen LogP contribution in [0.3, 0.4) is 0 Å².